The predicted octanol–water partition coefficient (Wildman–Crippen LogP) is 4.16. The number of rotatable bonds is 4. The lowest BCUT2D eigenvalue weighted by Gasteiger charge is -2.33. The number of nitrogens with zero attached hydrogens (tertiary/aromatic N) is 3. The minimum absolute atomic E-state index is 0.0139. The number of benzene rings is 3. The summed E-state index contributed by atoms with van der Waals surface area (Å²) in [4.78, 5) is 30.8. The van der Waals surface area contributed by atoms with E-state index in [1.165, 1.54) is 10.6 Å². The molecule has 3 aromatic carbocycles. The van der Waals surface area contributed by atoms with E-state index in [4.69, 9.17) is 11.6 Å². The zero-order valence-corrected chi connectivity index (χ0v) is 21.9. The minimum Gasteiger partial charge on any atom is -0.336 e. The summed E-state index contributed by atoms with van der Waals surface area (Å²) in [7, 11) is -3.28. The molecule has 3 aliphatic rings. The van der Waals surface area contributed by atoms with Gasteiger partial charge in [-0.05, 0) is 53.9 Å². The van der Waals surface area contributed by atoms with Gasteiger partial charge in [-0.15, -0.1) is 0 Å². The van der Waals surface area contributed by atoms with Crippen LogP contribution >= 0.6 is 11.6 Å². The number of para-hydroxylation sites is 1. The topological polar surface area (TPSA) is 78.0 Å². The Morgan fingerprint density at radius 1 is 0.946 bits per heavy atom. The van der Waals surface area contributed by atoms with Crippen molar-refractivity contribution in [1.29, 1.82) is 0 Å². The number of carbonyl (C=O) groups excluding carboxylic acids is 2. The van der Waals surface area contributed by atoms with E-state index < -0.39 is 15.4 Å². The number of piperazine rings is 1. The second-order valence-electron chi connectivity index (χ2n) is 9.94. The molecule has 0 N–H and O–H groups in total. The Hall–Kier alpha value is -3.20. The van der Waals surface area contributed by atoms with Crippen molar-refractivity contribution in [3.8, 4) is 0 Å². The van der Waals surface area contributed by atoms with Crippen LogP contribution in [-0.4, -0.2) is 61.9 Å². The van der Waals surface area contributed by atoms with E-state index in [2.05, 4.69) is 0 Å². The summed E-state index contributed by atoms with van der Waals surface area (Å²) < 4.78 is 25.0. The van der Waals surface area contributed by atoms with Crippen LogP contribution < -0.4 is 4.90 Å². The molecule has 1 saturated heterocycles. The minimum atomic E-state index is -3.28. The lowest BCUT2D eigenvalue weighted by Crippen LogP contribution is -2.50. The van der Waals surface area contributed by atoms with Gasteiger partial charge in [-0.3, -0.25) is 14.5 Å². The maximum absolute atomic E-state index is 14.1. The maximum Gasteiger partial charge on any atom is 0.254 e. The molecule has 2 amide bonds. The Morgan fingerprint density at radius 3 is 2.35 bits per heavy atom. The summed E-state index contributed by atoms with van der Waals surface area (Å²) in [6.07, 6.45) is 1.91. The van der Waals surface area contributed by atoms with Crippen molar-refractivity contribution in [3.05, 3.63) is 94.5 Å². The molecule has 3 aromatic rings. The quantitative estimate of drug-likeness (QED) is 0.502. The fourth-order valence-corrected chi connectivity index (χ4v) is 6.76. The Morgan fingerprint density at radius 2 is 1.65 bits per heavy atom. The highest BCUT2D eigenvalue weighted by atomic mass is 35.5. The molecule has 0 radical (unpaired) electrons. The molecule has 0 unspecified atom stereocenters. The van der Waals surface area contributed by atoms with Gasteiger partial charge in [0.2, 0.25) is 15.9 Å². The van der Waals surface area contributed by atoms with Crippen molar-refractivity contribution in [1.82, 2.24) is 9.21 Å². The van der Waals surface area contributed by atoms with Crippen LogP contribution in [0.3, 0.4) is 0 Å². The van der Waals surface area contributed by atoms with Crippen LogP contribution in [0.4, 0.5) is 11.4 Å². The zero-order chi connectivity index (χ0) is 25.9. The van der Waals surface area contributed by atoms with Crippen LogP contribution in [0.2, 0.25) is 5.02 Å². The molecule has 1 saturated carbocycles. The lowest BCUT2D eigenvalue weighted by atomic mass is 9.92. The fourth-order valence-electron chi connectivity index (χ4n) is 5.80. The molecule has 190 valence electrons. The van der Waals surface area contributed by atoms with Crippen molar-refractivity contribution >= 4 is 44.8 Å². The lowest BCUT2D eigenvalue weighted by molar-refractivity contribution is -0.119. The summed E-state index contributed by atoms with van der Waals surface area (Å²) in [6, 6.07) is 22.7. The van der Waals surface area contributed by atoms with Crippen LogP contribution in [0, 0.1) is 0 Å². The highest BCUT2D eigenvalue weighted by Gasteiger charge is 2.67. The highest BCUT2D eigenvalue weighted by Crippen LogP contribution is 2.67. The second kappa shape index (κ2) is 8.68. The van der Waals surface area contributed by atoms with Crippen LogP contribution in [0.15, 0.2) is 72.8 Å². The molecule has 2 fully saturated rings. The molecule has 6 rings (SSSR count). The number of anilines is 2. The molecule has 9 heteroatoms. The van der Waals surface area contributed by atoms with Gasteiger partial charge in [0.25, 0.3) is 5.91 Å². The molecule has 0 aromatic heterocycles. The Kier molecular flexibility index (Phi) is 5.67. The van der Waals surface area contributed by atoms with Gasteiger partial charge < -0.3 is 4.90 Å². The van der Waals surface area contributed by atoms with E-state index in [1.807, 2.05) is 54.6 Å². The third-order valence-electron chi connectivity index (χ3n) is 7.79. The van der Waals surface area contributed by atoms with Crippen LogP contribution in [-0.2, 0) is 20.2 Å². The fraction of sp³-hybridized carbons (Fsp3) is 0.286. The molecule has 1 aliphatic carbocycles. The third kappa shape index (κ3) is 3.95. The number of sulfonamides is 1. The van der Waals surface area contributed by atoms with Gasteiger partial charge in [0.15, 0.2) is 0 Å². The van der Waals surface area contributed by atoms with E-state index in [9.17, 15) is 18.0 Å². The number of amides is 2. The first kappa shape index (κ1) is 24.2. The van der Waals surface area contributed by atoms with Gasteiger partial charge in [-0.25, -0.2) is 8.42 Å². The van der Waals surface area contributed by atoms with Crippen molar-refractivity contribution in [2.45, 2.75) is 17.8 Å². The number of hydrogen-bond donors (Lipinski definition) is 0. The van der Waals surface area contributed by atoms with E-state index in [0.717, 1.165) is 23.2 Å². The number of carbonyl (C=O) groups is 2. The standard InChI is InChI=1S/C28H26ClN3O4S/c1-37(35,36)31-15-13-30(14-16-31)26(33)20-5-4-6-22(17-20)32-25-8-3-2-7-23(25)28(27(32)34)18-24(28)19-9-11-21(29)12-10-19/h2-12,17,24H,13-16,18H2,1H3/t24-,28+/m1/s1. The molecule has 7 nitrogen and oxygen atoms in total. The molecule has 0 bridgehead atoms. The predicted molar refractivity (Wildman–Crippen MR) is 143 cm³/mol. The van der Waals surface area contributed by atoms with E-state index >= 15 is 0 Å². The van der Waals surface area contributed by atoms with Gasteiger partial charge >= 0.3 is 0 Å². The first-order valence-electron chi connectivity index (χ1n) is 12.2. The Labute approximate surface area is 221 Å². The monoisotopic (exact) mass is 535 g/mol. The zero-order valence-electron chi connectivity index (χ0n) is 20.3. The third-order valence-corrected chi connectivity index (χ3v) is 9.34. The average molecular weight is 536 g/mol. The van der Waals surface area contributed by atoms with Gasteiger partial charge in [0.1, 0.15) is 0 Å². The first-order chi connectivity index (χ1) is 17.7. The van der Waals surface area contributed by atoms with Crippen LogP contribution in [0.5, 0.6) is 0 Å². The number of hydrogen-bond acceptors (Lipinski definition) is 4. The van der Waals surface area contributed by atoms with Crippen LogP contribution in [0.1, 0.15) is 33.8 Å². The van der Waals surface area contributed by atoms with E-state index in [-0.39, 0.29) is 30.8 Å². The first-order valence-corrected chi connectivity index (χ1v) is 14.5. The van der Waals surface area contributed by atoms with Crippen molar-refractivity contribution in [2.24, 2.45) is 0 Å². The molecule has 37 heavy (non-hydrogen) atoms. The maximum atomic E-state index is 14.1. The SMILES string of the molecule is CS(=O)(=O)N1CCN(C(=O)c2cccc(N3C(=O)[C@@]4(C[C@@H]4c4ccc(Cl)cc4)c4ccccc43)c2)CC1. The summed E-state index contributed by atoms with van der Waals surface area (Å²) in [6.45, 7) is 1.20. The van der Waals surface area contributed by atoms with Gasteiger partial charge in [0.05, 0.1) is 17.4 Å². The van der Waals surface area contributed by atoms with Crippen molar-refractivity contribution in [3.63, 3.8) is 0 Å². The largest absolute Gasteiger partial charge is 0.336 e. The molecule has 2 heterocycles. The average Bonchev–Trinajstić information content (AvgIpc) is 3.60. The van der Waals surface area contributed by atoms with Crippen molar-refractivity contribution < 1.29 is 18.0 Å². The second-order valence-corrected chi connectivity index (χ2v) is 12.4. The Balaban J connectivity index is 1.29. The van der Waals surface area contributed by atoms with Gasteiger partial charge in [-0.1, -0.05) is 48.0 Å². The molecule has 2 aliphatic heterocycles. The Bertz CT molecular complexity index is 1520. The summed E-state index contributed by atoms with van der Waals surface area (Å²) in [5, 5.41) is 0.664. The van der Waals surface area contributed by atoms with Gasteiger partial charge in [0, 0.05) is 48.4 Å². The number of fused-ring (bicyclic) bond motifs is 2. The van der Waals surface area contributed by atoms with Crippen molar-refractivity contribution in [2.75, 3.05) is 37.3 Å². The number of halogens is 1. The van der Waals surface area contributed by atoms with Crippen LogP contribution in [0.25, 0.3) is 0 Å². The van der Waals surface area contributed by atoms with E-state index in [1.54, 1.807) is 28.0 Å². The highest BCUT2D eigenvalue weighted by molar-refractivity contribution is 7.88. The van der Waals surface area contributed by atoms with Gasteiger partial charge in [-0.2, -0.15) is 4.31 Å². The molecule has 2 atom stereocenters. The summed E-state index contributed by atoms with van der Waals surface area (Å²) in [5.41, 5.74) is 3.45. The summed E-state index contributed by atoms with van der Waals surface area (Å²) in [5.74, 6) is -0.0884. The molecular formula is C28H26ClN3O4S. The smallest absolute Gasteiger partial charge is 0.254 e. The molecular weight excluding hydrogens is 510 g/mol. The van der Waals surface area contributed by atoms with E-state index in [0.29, 0.717) is 29.4 Å². The normalized spacial score (nSPS) is 23.4. The molecule has 1 spiro atoms. The summed E-state index contributed by atoms with van der Waals surface area (Å²) >= 11 is 6.09.